The van der Waals surface area contributed by atoms with Crippen molar-refractivity contribution in [3.05, 3.63) is 53.8 Å². The van der Waals surface area contributed by atoms with Crippen LogP contribution >= 0.6 is 11.6 Å². The molecule has 1 saturated heterocycles. The van der Waals surface area contributed by atoms with E-state index in [1.807, 2.05) is 22.7 Å². The Morgan fingerprint density at radius 3 is 2.56 bits per heavy atom. The second-order valence-electron chi connectivity index (χ2n) is 7.53. The largest absolute Gasteiger partial charge is 0.305 e. The van der Waals surface area contributed by atoms with Crippen molar-refractivity contribution in [1.29, 1.82) is 0 Å². The van der Waals surface area contributed by atoms with Crippen molar-refractivity contribution in [2.75, 3.05) is 13.1 Å². The van der Waals surface area contributed by atoms with Crippen LogP contribution in [0.5, 0.6) is 0 Å². The summed E-state index contributed by atoms with van der Waals surface area (Å²) in [6.07, 6.45) is 4.71. The first-order chi connectivity index (χ1) is 12.8. The third-order valence-electron chi connectivity index (χ3n) is 5.02. The van der Waals surface area contributed by atoms with Crippen molar-refractivity contribution in [3.8, 4) is 11.3 Å². The molecule has 1 aliphatic heterocycles. The highest BCUT2D eigenvalue weighted by Crippen LogP contribution is 2.29. The number of pyridine rings is 1. The third kappa shape index (κ3) is 3.61. The molecule has 0 amide bonds. The quantitative estimate of drug-likeness (QED) is 0.654. The van der Waals surface area contributed by atoms with Gasteiger partial charge in [-0.05, 0) is 42.5 Å². The van der Waals surface area contributed by atoms with Crippen LogP contribution in [0.15, 0.2) is 53.7 Å². The number of rotatable bonds is 3. The number of benzene rings is 1. The fourth-order valence-corrected chi connectivity index (χ4v) is 5.76. The first kappa shape index (κ1) is 18.5. The van der Waals surface area contributed by atoms with Crippen molar-refractivity contribution in [3.63, 3.8) is 0 Å². The first-order valence-corrected chi connectivity index (χ1v) is 10.9. The van der Waals surface area contributed by atoms with Crippen molar-refractivity contribution in [2.24, 2.45) is 11.8 Å². The van der Waals surface area contributed by atoms with Gasteiger partial charge >= 0.3 is 0 Å². The van der Waals surface area contributed by atoms with Crippen LogP contribution in [-0.2, 0) is 10.0 Å². The third-order valence-corrected chi connectivity index (χ3v) is 7.07. The first-order valence-electron chi connectivity index (χ1n) is 9.08. The van der Waals surface area contributed by atoms with Gasteiger partial charge in [0.15, 0.2) is 0 Å². The van der Waals surface area contributed by atoms with E-state index in [0.29, 0.717) is 34.8 Å². The predicted molar refractivity (Wildman–Crippen MR) is 107 cm³/mol. The molecule has 1 aliphatic rings. The second kappa shape index (κ2) is 6.93. The summed E-state index contributed by atoms with van der Waals surface area (Å²) in [6, 6.07) is 10.6. The average molecular weight is 404 g/mol. The molecule has 27 heavy (non-hydrogen) atoms. The summed E-state index contributed by atoms with van der Waals surface area (Å²) in [5, 5.41) is 0.621. The molecule has 7 heteroatoms. The highest BCUT2D eigenvalue weighted by atomic mass is 35.5. The van der Waals surface area contributed by atoms with Gasteiger partial charge in [0, 0.05) is 31.0 Å². The van der Waals surface area contributed by atoms with E-state index >= 15 is 0 Å². The van der Waals surface area contributed by atoms with Gasteiger partial charge in [-0.2, -0.15) is 4.31 Å². The Bertz CT molecular complexity index is 1080. The zero-order valence-electron chi connectivity index (χ0n) is 15.3. The highest BCUT2D eigenvalue weighted by molar-refractivity contribution is 7.89. The molecular formula is C20H22ClN3O2S. The van der Waals surface area contributed by atoms with Gasteiger partial charge in [0.2, 0.25) is 10.0 Å². The molecule has 3 heterocycles. The minimum atomic E-state index is -3.52. The summed E-state index contributed by atoms with van der Waals surface area (Å²) < 4.78 is 29.8. The van der Waals surface area contributed by atoms with Gasteiger partial charge in [-0.25, -0.2) is 13.4 Å². The lowest BCUT2D eigenvalue weighted by atomic mass is 9.94. The number of piperidine rings is 1. The van der Waals surface area contributed by atoms with Gasteiger partial charge in [0.05, 0.1) is 15.6 Å². The number of halogens is 1. The van der Waals surface area contributed by atoms with Gasteiger partial charge in [-0.3, -0.25) is 0 Å². The molecule has 0 aliphatic carbocycles. The number of fused-ring (bicyclic) bond motifs is 1. The zero-order valence-corrected chi connectivity index (χ0v) is 16.9. The van der Waals surface area contributed by atoms with Crippen LogP contribution in [0.25, 0.3) is 16.9 Å². The van der Waals surface area contributed by atoms with E-state index in [2.05, 4.69) is 18.8 Å². The monoisotopic (exact) mass is 403 g/mol. The van der Waals surface area contributed by atoms with E-state index in [-0.39, 0.29) is 0 Å². The maximum Gasteiger partial charge on any atom is 0.243 e. The van der Waals surface area contributed by atoms with E-state index in [1.54, 1.807) is 34.8 Å². The van der Waals surface area contributed by atoms with Crippen molar-refractivity contribution in [2.45, 2.75) is 25.2 Å². The lowest BCUT2D eigenvalue weighted by Gasteiger charge is -2.34. The number of sulfonamides is 1. The van der Waals surface area contributed by atoms with Gasteiger partial charge in [-0.15, -0.1) is 0 Å². The average Bonchev–Trinajstić information content (AvgIpc) is 3.04. The molecule has 142 valence electrons. The van der Waals surface area contributed by atoms with Crippen molar-refractivity contribution in [1.82, 2.24) is 13.7 Å². The van der Waals surface area contributed by atoms with Crippen molar-refractivity contribution < 1.29 is 8.42 Å². The van der Waals surface area contributed by atoms with Crippen LogP contribution in [-0.4, -0.2) is 35.2 Å². The van der Waals surface area contributed by atoms with Crippen LogP contribution in [0.4, 0.5) is 0 Å². The zero-order chi connectivity index (χ0) is 19.2. The molecule has 5 nitrogen and oxygen atoms in total. The molecule has 0 bridgehead atoms. The maximum absolute atomic E-state index is 13.2. The van der Waals surface area contributed by atoms with Crippen LogP contribution in [0.2, 0.25) is 5.02 Å². The molecule has 2 atom stereocenters. The Morgan fingerprint density at radius 2 is 1.81 bits per heavy atom. The summed E-state index contributed by atoms with van der Waals surface area (Å²) in [5.41, 5.74) is 2.25. The number of hydrogen-bond acceptors (Lipinski definition) is 3. The molecule has 0 N–H and O–H groups in total. The Morgan fingerprint density at radius 1 is 1.07 bits per heavy atom. The summed E-state index contributed by atoms with van der Waals surface area (Å²) >= 11 is 6.04. The maximum atomic E-state index is 13.2. The summed E-state index contributed by atoms with van der Waals surface area (Å²) in [7, 11) is -3.52. The van der Waals surface area contributed by atoms with Crippen LogP contribution in [0, 0.1) is 11.8 Å². The number of aromatic nitrogens is 2. The minimum absolute atomic E-state index is 0.316. The van der Waals surface area contributed by atoms with E-state index in [9.17, 15) is 8.42 Å². The number of imidazole rings is 1. The Balaban J connectivity index is 1.71. The lowest BCUT2D eigenvalue weighted by Crippen LogP contribution is -2.42. The second-order valence-corrected chi connectivity index (χ2v) is 9.91. The molecule has 1 aromatic carbocycles. The molecule has 2 unspecified atom stereocenters. The molecule has 2 aromatic heterocycles. The molecular weight excluding hydrogens is 382 g/mol. The van der Waals surface area contributed by atoms with Gasteiger partial charge in [0.25, 0.3) is 0 Å². The smallest absolute Gasteiger partial charge is 0.243 e. The Hall–Kier alpha value is -1.89. The normalized spacial score (nSPS) is 21.6. The Labute approximate surface area is 164 Å². The minimum Gasteiger partial charge on any atom is -0.305 e. The fourth-order valence-electron chi connectivity index (χ4n) is 3.87. The van der Waals surface area contributed by atoms with Gasteiger partial charge in [0.1, 0.15) is 5.65 Å². The van der Waals surface area contributed by atoms with Crippen molar-refractivity contribution >= 4 is 27.3 Å². The van der Waals surface area contributed by atoms with E-state index in [1.165, 1.54) is 0 Å². The molecule has 0 radical (unpaired) electrons. The summed E-state index contributed by atoms with van der Waals surface area (Å²) in [4.78, 5) is 4.90. The van der Waals surface area contributed by atoms with Crippen LogP contribution < -0.4 is 0 Å². The number of hydrogen-bond donors (Lipinski definition) is 0. The van der Waals surface area contributed by atoms with E-state index < -0.39 is 10.0 Å². The molecule has 0 saturated carbocycles. The highest BCUT2D eigenvalue weighted by Gasteiger charge is 2.31. The van der Waals surface area contributed by atoms with Crippen LogP contribution in [0.3, 0.4) is 0 Å². The SMILES string of the molecule is CC1CC(C)CN(S(=O)(=O)c2cccc(-c3cn4cc(Cl)ccc4n3)c2)C1. The number of nitrogens with zero attached hydrogens (tertiary/aromatic N) is 3. The summed E-state index contributed by atoms with van der Waals surface area (Å²) in [5.74, 6) is 0.741. The topological polar surface area (TPSA) is 54.7 Å². The Kier molecular flexibility index (Phi) is 4.74. The van der Waals surface area contributed by atoms with E-state index in [0.717, 1.165) is 23.3 Å². The molecule has 0 spiro atoms. The molecule has 3 aromatic rings. The lowest BCUT2D eigenvalue weighted by molar-refractivity contribution is 0.222. The molecule has 1 fully saturated rings. The standard InChI is InChI=1S/C20H22ClN3O2S/c1-14-8-15(2)11-24(10-14)27(25,26)18-5-3-4-16(9-18)19-13-23-12-17(21)6-7-20(23)22-19/h3-7,9,12-15H,8,10-11H2,1-2H3. The fraction of sp³-hybridized carbons (Fsp3) is 0.350. The van der Waals surface area contributed by atoms with E-state index in [4.69, 9.17) is 11.6 Å². The summed E-state index contributed by atoms with van der Waals surface area (Å²) in [6.45, 7) is 5.36. The van der Waals surface area contributed by atoms with Crippen LogP contribution in [0.1, 0.15) is 20.3 Å². The van der Waals surface area contributed by atoms with Gasteiger partial charge in [-0.1, -0.05) is 37.6 Å². The predicted octanol–water partition coefficient (Wildman–Crippen LogP) is 4.32. The molecule has 4 rings (SSSR count). The van der Waals surface area contributed by atoms with Gasteiger partial charge < -0.3 is 4.40 Å².